The highest BCUT2D eigenvalue weighted by molar-refractivity contribution is 7.14. The van der Waals surface area contributed by atoms with Gasteiger partial charge in [0.2, 0.25) is 5.91 Å². The molecule has 0 aliphatic carbocycles. The van der Waals surface area contributed by atoms with E-state index in [-0.39, 0.29) is 24.2 Å². The molecule has 0 spiro atoms. The molecule has 0 atom stereocenters. The number of rotatable bonds is 6. The number of ether oxygens (including phenoxy) is 1. The zero-order chi connectivity index (χ0) is 20.0. The van der Waals surface area contributed by atoms with Crippen LogP contribution in [0.5, 0.6) is 0 Å². The number of benzene rings is 1. The summed E-state index contributed by atoms with van der Waals surface area (Å²) in [5, 5.41) is 7.59. The lowest BCUT2D eigenvalue weighted by Gasteiger charge is -2.17. The number of hydrogen-bond donors (Lipinski definition) is 2. The van der Waals surface area contributed by atoms with Crippen molar-refractivity contribution in [3.63, 3.8) is 0 Å². The molecule has 0 aliphatic rings. The number of carbonyl (C=O) groups is 3. The Bertz CT molecular complexity index is 839. The Morgan fingerprint density at radius 2 is 1.93 bits per heavy atom. The second kappa shape index (κ2) is 8.77. The molecule has 0 bridgehead atoms. The summed E-state index contributed by atoms with van der Waals surface area (Å²) in [5.41, 5.74) is 0.947. The monoisotopic (exact) mass is 389 g/mol. The fourth-order valence-corrected chi connectivity index (χ4v) is 2.74. The largest absolute Gasteiger partial charge is 0.466 e. The van der Waals surface area contributed by atoms with Gasteiger partial charge in [-0.25, -0.2) is 4.98 Å². The molecular weight excluding hydrogens is 366 g/mol. The zero-order valence-electron chi connectivity index (χ0n) is 15.8. The van der Waals surface area contributed by atoms with Crippen LogP contribution < -0.4 is 10.6 Å². The highest BCUT2D eigenvalue weighted by atomic mass is 32.1. The molecule has 27 heavy (non-hydrogen) atoms. The van der Waals surface area contributed by atoms with Gasteiger partial charge < -0.3 is 10.1 Å². The summed E-state index contributed by atoms with van der Waals surface area (Å²) in [7, 11) is 0. The summed E-state index contributed by atoms with van der Waals surface area (Å²) in [4.78, 5) is 40.2. The number of esters is 1. The number of thiazole rings is 1. The maximum absolute atomic E-state index is 12.4. The SMILES string of the molecule is CCOC(=O)Cc1csc(NC(=O)c2cccc(NC(=O)C(C)(C)C)c2)n1. The molecule has 0 radical (unpaired) electrons. The number of carbonyl (C=O) groups excluding carboxylic acids is 3. The maximum Gasteiger partial charge on any atom is 0.311 e. The summed E-state index contributed by atoms with van der Waals surface area (Å²) in [6, 6.07) is 6.67. The first-order valence-electron chi connectivity index (χ1n) is 8.52. The summed E-state index contributed by atoms with van der Waals surface area (Å²) in [6.45, 7) is 7.50. The van der Waals surface area contributed by atoms with Gasteiger partial charge in [-0.1, -0.05) is 26.8 Å². The Morgan fingerprint density at radius 1 is 1.19 bits per heavy atom. The topological polar surface area (TPSA) is 97.4 Å². The second-order valence-electron chi connectivity index (χ2n) is 6.86. The van der Waals surface area contributed by atoms with Crippen LogP contribution in [0.25, 0.3) is 0 Å². The molecule has 2 N–H and O–H groups in total. The number of nitrogens with zero attached hydrogens (tertiary/aromatic N) is 1. The predicted octanol–water partition coefficient (Wildman–Crippen LogP) is 3.49. The summed E-state index contributed by atoms with van der Waals surface area (Å²) in [6.07, 6.45) is 0.0640. The van der Waals surface area contributed by atoms with E-state index in [2.05, 4.69) is 15.6 Å². The molecule has 8 heteroatoms. The van der Waals surface area contributed by atoms with Crippen LogP contribution in [0.15, 0.2) is 29.6 Å². The summed E-state index contributed by atoms with van der Waals surface area (Å²) < 4.78 is 4.88. The Balaban J connectivity index is 2.02. The van der Waals surface area contributed by atoms with Gasteiger partial charge in [0.05, 0.1) is 18.7 Å². The van der Waals surface area contributed by atoms with E-state index in [0.29, 0.717) is 28.7 Å². The van der Waals surface area contributed by atoms with Crippen molar-refractivity contribution in [1.29, 1.82) is 0 Å². The van der Waals surface area contributed by atoms with Gasteiger partial charge in [-0.05, 0) is 25.1 Å². The molecule has 0 saturated heterocycles. The van der Waals surface area contributed by atoms with Gasteiger partial charge in [-0.15, -0.1) is 11.3 Å². The highest BCUT2D eigenvalue weighted by Crippen LogP contribution is 2.20. The predicted molar refractivity (Wildman–Crippen MR) is 105 cm³/mol. The molecule has 1 aromatic heterocycles. The third kappa shape index (κ3) is 6.18. The average molecular weight is 389 g/mol. The Kier molecular flexibility index (Phi) is 6.68. The number of anilines is 2. The molecule has 7 nitrogen and oxygen atoms in total. The van der Waals surface area contributed by atoms with Crippen LogP contribution in [-0.2, 0) is 20.7 Å². The molecule has 0 saturated carbocycles. The maximum atomic E-state index is 12.4. The quantitative estimate of drug-likeness (QED) is 0.737. The van der Waals surface area contributed by atoms with Gasteiger partial charge in [0.15, 0.2) is 5.13 Å². The van der Waals surface area contributed by atoms with Crippen molar-refractivity contribution in [2.75, 3.05) is 17.2 Å². The fraction of sp³-hybridized carbons (Fsp3) is 0.368. The van der Waals surface area contributed by atoms with Crippen molar-refractivity contribution in [3.05, 3.63) is 40.9 Å². The molecular formula is C19H23N3O4S. The molecule has 2 rings (SSSR count). The molecule has 2 amide bonds. The van der Waals surface area contributed by atoms with E-state index < -0.39 is 5.41 Å². The van der Waals surface area contributed by atoms with Crippen molar-refractivity contribution < 1.29 is 19.1 Å². The van der Waals surface area contributed by atoms with E-state index in [1.165, 1.54) is 11.3 Å². The number of amides is 2. The lowest BCUT2D eigenvalue weighted by atomic mass is 9.95. The van der Waals surface area contributed by atoms with E-state index in [4.69, 9.17) is 4.74 Å². The van der Waals surface area contributed by atoms with E-state index in [0.717, 1.165) is 0 Å². The molecule has 2 aromatic rings. The first-order valence-corrected chi connectivity index (χ1v) is 9.40. The normalized spacial score (nSPS) is 11.0. The number of aromatic nitrogens is 1. The van der Waals surface area contributed by atoms with Gasteiger partial charge in [-0.2, -0.15) is 0 Å². The number of nitrogens with one attached hydrogen (secondary N) is 2. The van der Waals surface area contributed by atoms with E-state index >= 15 is 0 Å². The van der Waals surface area contributed by atoms with E-state index in [9.17, 15) is 14.4 Å². The van der Waals surface area contributed by atoms with Crippen LogP contribution in [0.2, 0.25) is 0 Å². The van der Waals surface area contributed by atoms with Crippen LogP contribution in [0.3, 0.4) is 0 Å². The molecule has 0 fully saturated rings. The van der Waals surface area contributed by atoms with Gasteiger partial charge in [0.1, 0.15) is 0 Å². The van der Waals surface area contributed by atoms with E-state index in [1.807, 2.05) is 20.8 Å². The van der Waals surface area contributed by atoms with Crippen LogP contribution in [0, 0.1) is 5.41 Å². The highest BCUT2D eigenvalue weighted by Gasteiger charge is 2.21. The van der Waals surface area contributed by atoms with Gasteiger partial charge >= 0.3 is 5.97 Å². The molecule has 1 heterocycles. The molecule has 144 valence electrons. The van der Waals surface area contributed by atoms with Gasteiger partial charge in [0, 0.05) is 22.0 Å². The second-order valence-corrected chi connectivity index (χ2v) is 7.72. The number of hydrogen-bond acceptors (Lipinski definition) is 6. The van der Waals surface area contributed by atoms with Crippen molar-refractivity contribution in [3.8, 4) is 0 Å². The van der Waals surface area contributed by atoms with Crippen molar-refractivity contribution in [2.45, 2.75) is 34.1 Å². The van der Waals surface area contributed by atoms with Crippen LogP contribution >= 0.6 is 11.3 Å². The van der Waals surface area contributed by atoms with Crippen LogP contribution in [0.4, 0.5) is 10.8 Å². The van der Waals surface area contributed by atoms with E-state index in [1.54, 1.807) is 36.6 Å². The Labute approximate surface area is 162 Å². The summed E-state index contributed by atoms with van der Waals surface area (Å²) >= 11 is 1.23. The smallest absolute Gasteiger partial charge is 0.311 e. The fourth-order valence-electron chi connectivity index (χ4n) is 2.03. The molecule has 0 unspecified atom stereocenters. The first-order chi connectivity index (χ1) is 12.7. The molecule has 1 aromatic carbocycles. The third-order valence-corrected chi connectivity index (χ3v) is 4.27. The van der Waals surface area contributed by atoms with Crippen molar-refractivity contribution in [2.24, 2.45) is 5.41 Å². The van der Waals surface area contributed by atoms with Crippen molar-refractivity contribution in [1.82, 2.24) is 4.98 Å². The zero-order valence-corrected chi connectivity index (χ0v) is 16.6. The van der Waals surface area contributed by atoms with Crippen LogP contribution in [0.1, 0.15) is 43.7 Å². The first kappa shape index (κ1) is 20.6. The minimum atomic E-state index is -0.533. The Hall–Kier alpha value is -2.74. The molecule has 0 aliphatic heterocycles. The minimum absolute atomic E-state index is 0.0640. The summed E-state index contributed by atoms with van der Waals surface area (Å²) in [5.74, 6) is -0.842. The van der Waals surface area contributed by atoms with Crippen molar-refractivity contribution >= 4 is 39.9 Å². The van der Waals surface area contributed by atoms with Gasteiger partial charge in [0.25, 0.3) is 5.91 Å². The average Bonchev–Trinajstić information content (AvgIpc) is 3.01. The minimum Gasteiger partial charge on any atom is -0.466 e. The standard InChI is InChI=1S/C19H23N3O4S/c1-5-26-15(23)10-14-11-27-18(21-14)22-16(24)12-7-6-8-13(9-12)20-17(25)19(2,3)4/h6-9,11H,5,10H2,1-4H3,(H,20,25)(H,21,22,24). The lowest BCUT2D eigenvalue weighted by molar-refractivity contribution is -0.142. The lowest BCUT2D eigenvalue weighted by Crippen LogP contribution is -2.27. The third-order valence-electron chi connectivity index (χ3n) is 3.47. The van der Waals surface area contributed by atoms with Gasteiger partial charge in [-0.3, -0.25) is 19.7 Å². The van der Waals surface area contributed by atoms with Crippen LogP contribution in [-0.4, -0.2) is 29.4 Å². The Morgan fingerprint density at radius 3 is 2.59 bits per heavy atom.